The normalized spacial score (nSPS) is 31.9. The van der Waals surface area contributed by atoms with E-state index < -0.39 is 0 Å². The molecule has 0 spiro atoms. The Morgan fingerprint density at radius 3 is 2.79 bits per heavy atom. The Bertz CT molecular complexity index is 348. The molecule has 0 amide bonds. The van der Waals surface area contributed by atoms with Crippen molar-refractivity contribution in [1.82, 2.24) is 10.2 Å². The highest BCUT2D eigenvalue weighted by Gasteiger charge is 2.50. The van der Waals surface area contributed by atoms with Crippen LogP contribution in [0.1, 0.15) is 39.0 Å². The molecule has 1 aromatic rings. The van der Waals surface area contributed by atoms with Gasteiger partial charge in [0.1, 0.15) is 0 Å². The minimum Gasteiger partial charge on any atom is -0.327 e. The van der Waals surface area contributed by atoms with E-state index in [1.165, 1.54) is 11.3 Å². The van der Waals surface area contributed by atoms with Gasteiger partial charge in [-0.15, -0.1) is 0 Å². The Kier molecular flexibility index (Phi) is 1.80. The predicted octanol–water partition coefficient (Wildman–Crippen LogP) is 1.60. The van der Waals surface area contributed by atoms with Crippen molar-refractivity contribution in [3.05, 3.63) is 17.5 Å². The Morgan fingerprint density at radius 2 is 2.21 bits per heavy atom. The van der Waals surface area contributed by atoms with Crippen LogP contribution in [-0.4, -0.2) is 16.2 Å². The van der Waals surface area contributed by atoms with Gasteiger partial charge in [0.25, 0.3) is 0 Å². The van der Waals surface area contributed by atoms with E-state index in [4.69, 9.17) is 5.73 Å². The van der Waals surface area contributed by atoms with E-state index >= 15 is 0 Å². The first kappa shape index (κ1) is 9.71. The number of nitrogens with zero attached hydrogens (tertiary/aromatic N) is 1. The number of aromatic nitrogens is 2. The van der Waals surface area contributed by atoms with Crippen molar-refractivity contribution in [3.63, 3.8) is 0 Å². The maximum absolute atomic E-state index is 6.25. The number of hydrogen-bond donors (Lipinski definition) is 2. The van der Waals surface area contributed by atoms with Gasteiger partial charge in [-0.25, -0.2) is 0 Å². The molecule has 0 saturated carbocycles. The van der Waals surface area contributed by atoms with Gasteiger partial charge in [0.05, 0.1) is 6.20 Å². The fourth-order valence-corrected chi connectivity index (χ4v) is 2.50. The zero-order valence-corrected chi connectivity index (χ0v) is 9.39. The zero-order valence-electron chi connectivity index (χ0n) is 9.39. The number of H-pyrrole nitrogens is 1. The van der Waals surface area contributed by atoms with Crippen LogP contribution in [-0.2, 0) is 11.8 Å². The summed E-state index contributed by atoms with van der Waals surface area (Å²) in [6.45, 7) is 8.98. The second-order valence-electron chi connectivity index (χ2n) is 5.53. The number of nitrogens with two attached hydrogens (primary N) is 1. The van der Waals surface area contributed by atoms with Crippen LogP contribution in [0.2, 0.25) is 0 Å². The Balaban J connectivity index is 2.55. The van der Waals surface area contributed by atoms with Gasteiger partial charge in [-0.05, 0) is 5.41 Å². The molecule has 0 aliphatic heterocycles. The molecule has 1 unspecified atom stereocenters. The van der Waals surface area contributed by atoms with E-state index in [-0.39, 0.29) is 16.9 Å². The van der Waals surface area contributed by atoms with Gasteiger partial charge in [0.15, 0.2) is 0 Å². The standard InChI is InChI=1S/C11H19N3/c1-10(2,3)11(4)7-6-13-14-8(7)5-9(11)12/h6,9H,5,12H2,1-4H3,(H,13,14)/t9-,11?/m1/s1. The zero-order chi connectivity index (χ0) is 10.6. The first-order chi connectivity index (χ1) is 6.37. The molecule has 0 fully saturated rings. The maximum atomic E-state index is 6.25. The third-order valence-electron chi connectivity index (χ3n) is 4.00. The monoisotopic (exact) mass is 193 g/mol. The Hall–Kier alpha value is -0.830. The molecule has 14 heavy (non-hydrogen) atoms. The van der Waals surface area contributed by atoms with Crippen LogP contribution in [0.5, 0.6) is 0 Å². The first-order valence-electron chi connectivity index (χ1n) is 5.15. The Morgan fingerprint density at radius 1 is 1.57 bits per heavy atom. The SMILES string of the molecule is CC(C)(C)C1(C)c2cn[nH]c2C[C@H]1N. The summed E-state index contributed by atoms with van der Waals surface area (Å²) >= 11 is 0. The van der Waals surface area contributed by atoms with Crippen LogP contribution in [0.4, 0.5) is 0 Å². The third kappa shape index (κ3) is 0.989. The summed E-state index contributed by atoms with van der Waals surface area (Å²) in [4.78, 5) is 0. The minimum absolute atomic E-state index is 0.0370. The van der Waals surface area contributed by atoms with E-state index in [1.807, 2.05) is 6.20 Å². The van der Waals surface area contributed by atoms with E-state index in [9.17, 15) is 0 Å². The lowest BCUT2D eigenvalue weighted by Gasteiger charge is -2.42. The third-order valence-corrected chi connectivity index (χ3v) is 4.00. The number of fused-ring (bicyclic) bond motifs is 1. The van der Waals surface area contributed by atoms with Crippen LogP contribution in [0.25, 0.3) is 0 Å². The fraction of sp³-hybridized carbons (Fsp3) is 0.727. The van der Waals surface area contributed by atoms with Gasteiger partial charge in [-0.2, -0.15) is 5.10 Å². The summed E-state index contributed by atoms with van der Waals surface area (Å²) in [6, 6.07) is 0.201. The summed E-state index contributed by atoms with van der Waals surface area (Å²) in [5, 5.41) is 7.15. The van der Waals surface area contributed by atoms with Gasteiger partial charge in [-0.1, -0.05) is 27.7 Å². The second-order valence-corrected chi connectivity index (χ2v) is 5.53. The van der Waals surface area contributed by atoms with Gasteiger partial charge in [-0.3, -0.25) is 5.10 Å². The topological polar surface area (TPSA) is 54.7 Å². The fourth-order valence-electron chi connectivity index (χ4n) is 2.50. The highest BCUT2D eigenvalue weighted by molar-refractivity contribution is 5.38. The number of rotatable bonds is 0. The molecule has 3 nitrogen and oxygen atoms in total. The maximum Gasteiger partial charge on any atom is 0.0528 e. The summed E-state index contributed by atoms with van der Waals surface area (Å²) in [5.74, 6) is 0. The number of nitrogens with one attached hydrogen (secondary N) is 1. The van der Waals surface area contributed by atoms with Crippen LogP contribution < -0.4 is 5.73 Å². The summed E-state index contributed by atoms with van der Waals surface area (Å²) in [6.07, 6.45) is 2.86. The van der Waals surface area contributed by atoms with Crippen molar-refractivity contribution < 1.29 is 0 Å². The van der Waals surface area contributed by atoms with Crippen LogP contribution in [0, 0.1) is 5.41 Å². The largest absolute Gasteiger partial charge is 0.327 e. The molecule has 1 aliphatic rings. The highest BCUT2D eigenvalue weighted by Crippen LogP contribution is 2.48. The number of aromatic amines is 1. The van der Waals surface area contributed by atoms with Crippen molar-refractivity contribution in [3.8, 4) is 0 Å². The van der Waals surface area contributed by atoms with E-state index in [0.29, 0.717) is 0 Å². The molecule has 2 atom stereocenters. The highest BCUT2D eigenvalue weighted by atomic mass is 15.1. The molecule has 0 radical (unpaired) electrons. The Labute approximate surface area is 85.1 Å². The molecule has 3 N–H and O–H groups in total. The molecule has 0 aromatic carbocycles. The average Bonchev–Trinajstić information content (AvgIpc) is 2.55. The molecule has 0 saturated heterocycles. The van der Waals surface area contributed by atoms with Gasteiger partial charge in [0.2, 0.25) is 0 Å². The van der Waals surface area contributed by atoms with E-state index in [1.54, 1.807) is 0 Å². The molecule has 0 bridgehead atoms. The molecule has 3 heteroatoms. The lowest BCUT2D eigenvalue weighted by Crippen LogP contribution is -2.49. The van der Waals surface area contributed by atoms with E-state index in [0.717, 1.165) is 6.42 Å². The lowest BCUT2D eigenvalue weighted by molar-refractivity contribution is 0.179. The molecule has 78 valence electrons. The molecular formula is C11H19N3. The molecular weight excluding hydrogens is 174 g/mol. The van der Waals surface area contributed by atoms with Crippen molar-refractivity contribution in [2.75, 3.05) is 0 Å². The van der Waals surface area contributed by atoms with Crippen molar-refractivity contribution in [2.45, 2.75) is 45.6 Å². The molecule has 1 heterocycles. The van der Waals surface area contributed by atoms with Crippen molar-refractivity contribution in [2.24, 2.45) is 11.1 Å². The molecule has 2 rings (SSSR count). The molecule has 1 aromatic heterocycles. The second kappa shape index (κ2) is 2.60. The van der Waals surface area contributed by atoms with Crippen molar-refractivity contribution in [1.29, 1.82) is 0 Å². The predicted molar refractivity (Wildman–Crippen MR) is 57.1 cm³/mol. The van der Waals surface area contributed by atoms with E-state index in [2.05, 4.69) is 37.9 Å². The van der Waals surface area contributed by atoms with Gasteiger partial charge >= 0.3 is 0 Å². The smallest absolute Gasteiger partial charge is 0.0528 e. The van der Waals surface area contributed by atoms with Crippen molar-refractivity contribution >= 4 is 0 Å². The number of hydrogen-bond acceptors (Lipinski definition) is 2. The summed E-state index contributed by atoms with van der Waals surface area (Å²) in [7, 11) is 0. The first-order valence-corrected chi connectivity index (χ1v) is 5.15. The lowest BCUT2D eigenvalue weighted by atomic mass is 9.63. The van der Waals surface area contributed by atoms with Crippen LogP contribution >= 0.6 is 0 Å². The van der Waals surface area contributed by atoms with Gasteiger partial charge in [0, 0.05) is 29.1 Å². The summed E-state index contributed by atoms with van der Waals surface area (Å²) in [5.41, 5.74) is 8.97. The van der Waals surface area contributed by atoms with Crippen LogP contribution in [0.15, 0.2) is 6.20 Å². The summed E-state index contributed by atoms with van der Waals surface area (Å²) < 4.78 is 0. The quantitative estimate of drug-likeness (QED) is 0.657. The van der Waals surface area contributed by atoms with Crippen LogP contribution in [0.3, 0.4) is 0 Å². The molecule has 1 aliphatic carbocycles. The average molecular weight is 193 g/mol. The van der Waals surface area contributed by atoms with Gasteiger partial charge < -0.3 is 5.73 Å². The minimum atomic E-state index is 0.0370.